The van der Waals surface area contributed by atoms with Crippen molar-refractivity contribution in [3.8, 4) is 0 Å². The van der Waals surface area contributed by atoms with Gasteiger partial charge >= 0.3 is 5.97 Å². The number of esters is 1. The number of aromatic nitrogens is 1. The molecule has 0 atom stereocenters. The van der Waals surface area contributed by atoms with Gasteiger partial charge in [0.15, 0.2) is 0 Å². The van der Waals surface area contributed by atoms with Crippen molar-refractivity contribution in [1.82, 2.24) is 10.5 Å². The summed E-state index contributed by atoms with van der Waals surface area (Å²) in [6, 6.07) is 0. The number of rotatable bonds is 5. The maximum atomic E-state index is 11.0. The molecule has 84 valence electrons. The normalized spacial score (nSPS) is 10.3. The van der Waals surface area contributed by atoms with Crippen LogP contribution in [0.4, 0.5) is 0 Å². The number of nitrogens with zero attached hydrogens (tertiary/aromatic N) is 1. The Balaban J connectivity index is 2.35. The van der Waals surface area contributed by atoms with Gasteiger partial charge in [-0.1, -0.05) is 5.16 Å². The number of hydrogen-bond donors (Lipinski definition) is 1. The fourth-order valence-corrected chi connectivity index (χ4v) is 1.26. The van der Waals surface area contributed by atoms with Crippen LogP contribution in [-0.2, 0) is 16.1 Å². The standard InChI is InChI=1S/C10H16N2O3/c1-4-14-10(13)6-11-5-9-7(2)12-15-8(9)3/h11H,4-6H2,1-3H3. The van der Waals surface area contributed by atoms with Crippen molar-refractivity contribution in [3.63, 3.8) is 0 Å². The predicted molar refractivity (Wildman–Crippen MR) is 54.3 cm³/mol. The fourth-order valence-electron chi connectivity index (χ4n) is 1.26. The molecule has 0 radical (unpaired) electrons. The average molecular weight is 212 g/mol. The lowest BCUT2D eigenvalue weighted by atomic mass is 10.2. The first kappa shape index (κ1) is 11.7. The van der Waals surface area contributed by atoms with E-state index in [1.54, 1.807) is 6.92 Å². The highest BCUT2D eigenvalue weighted by Crippen LogP contribution is 2.10. The summed E-state index contributed by atoms with van der Waals surface area (Å²) in [6.07, 6.45) is 0. The van der Waals surface area contributed by atoms with Crippen LogP contribution in [-0.4, -0.2) is 24.3 Å². The van der Waals surface area contributed by atoms with E-state index in [9.17, 15) is 4.79 Å². The number of ether oxygens (including phenoxy) is 1. The van der Waals surface area contributed by atoms with Gasteiger partial charge in [0.25, 0.3) is 0 Å². The largest absolute Gasteiger partial charge is 0.465 e. The molecule has 1 N–H and O–H groups in total. The van der Waals surface area contributed by atoms with Crippen molar-refractivity contribution in [2.24, 2.45) is 0 Å². The van der Waals surface area contributed by atoms with Crippen molar-refractivity contribution in [1.29, 1.82) is 0 Å². The maximum Gasteiger partial charge on any atom is 0.319 e. The Morgan fingerprint density at radius 3 is 2.80 bits per heavy atom. The van der Waals surface area contributed by atoms with E-state index in [2.05, 4.69) is 10.5 Å². The van der Waals surface area contributed by atoms with Gasteiger partial charge in [-0.05, 0) is 20.8 Å². The van der Waals surface area contributed by atoms with E-state index in [0.29, 0.717) is 13.2 Å². The van der Waals surface area contributed by atoms with E-state index in [1.807, 2.05) is 13.8 Å². The molecule has 0 aliphatic rings. The molecule has 0 aromatic carbocycles. The molecule has 0 amide bonds. The summed E-state index contributed by atoms with van der Waals surface area (Å²) in [4.78, 5) is 11.0. The highest BCUT2D eigenvalue weighted by atomic mass is 16.5. The molecular formula is C10H16N2O3. The SMILES string of the molecule is CCOC(=O)CNCc1c(C)noc1C. The predicted octanol–water partition coefficient (Wildman–Crippen LogP) is 0.944. The van der Waals surface area contributed by atoms with Crippen molar-refractivity contribution in [3.05, 3.63) is 17.0 Å². The molecule has 0 saturated carbocycles. The minimum atomic E-state index is -0.246. The monoisotopic (exact) mass is 212 g/mol. The van der Waals surface area contributed by atoms with Crippen molar-refractivity contribution in [2.75, 3.05) is 13.2 Å². The summed E-state index contributed by atoms with van der Waals surface area (Å²) in [5.41, 5.74) is 1.85. The van der Waals surface area contributed by atoms with Gasteiger partial charge < -0.3 is 14.6 Å². The number of hydrogen-bond acceptors (Lipinski definition) is 5. The zero-order valence-electron chi connectivity index (χ0n) is 9.29. The molecule has 1 aromatic heterocycles. The van der Waals surface area contributed by atoms with Crippen LogP contribution in [0.3, 0.4) is 0 Å². The molecular weight excluding hydrogens is 196 g/mol. The third-order valence-electron chi connectivity index (χ3n) is 2.06. The Hall–Kier alpha value is -1.36. The summed E-state index contributed by atoms with van der Waals surface area (Å²) in [6.45, 7) is 6.69. The smallest absolute Gasteiger partial charge is 0.319 e. The molecule has 0 bridgehead atoms. The van der Waals surface area contributed by atoms with E-state index >= 15 is 0 Å². The third-order valence-corrected chi connectivity index (χ3v) is 2.06. The Labute approximate surface area is 88.8 Å². The van der Waals surface area contributed by atoms with Gasteiger partial charge in [0.2, 0.25) is 0 Å². The molecule has 0 fully saturated rings. The fraction of sp³-hybridized carbons (Fsp3) is 0.600. The average Bonchev–Trinajstić information content (AvgIpc) is 2.49. The van der Waals surface area contributed by atoms with Gasteiger partial charge in [-0.3, -0.25) is 4.79 Å². The Morgan fingerprint density at radius 2 is 2.27 bits per heavy atom. The van der Waals surface area contributed by atoms with Crippen LogP contribution in [0.5, 0.6) is 0 Å². The molecule has 0 saturated heterocycles. The van der Waals surface area contributed by atoms with Crippen LogP contribution in [0.1, 0.15) is 23.9 Å². The van der Waals surface area contributed by atoms with Crippen LogP contribution in [0.15, 0.2) is 4.52 Å². The molecule has 1 rings (SSSR count). The van der Waals surface area contributed by atoms with Gasteiger partial charge in [0.05, 0.1) is 18.8 Å². The quantitative estimate of drug-likeness (QED) is 0.736. The number of carbonyl (C=O) groups excluding carboxylic acids is 1. The van der Waals surface area contributed by atoms with Crippen LogP contribution in [0.2, 0.25) is 0 Å². The molecule has 0 unspecified atom stereocenters. The first-order valence-corrected chi connectivity index (χ1v) is 4.93. The molecule has 0 aliphatic carbocycles. The zero-order valence-corrected chi connectivity index (χ0v) is 9.29. The first-order chi connectivity index (χ1) is 7.15. The Kier molecular flexibility index (Phi) is 4.30. The second-order valence-electron chi connectivity index (χ2n) is 3.21. The maximum absolute atomic E-state index is 11.0. The highest BCUT2D eigenvalue weighted by Gasteiger charge is 2.09. The summed E-state index contributed by atoms with van der Waals surface area (Å²) in [5.74, 6) is 0.535. The number of carbonyl (C=O) groups is 1. The van der Waals surface area contributed by atoms with Crippen LogP contribution >= 0.6 is 0 Å². The lowest BCUT2D eigenvalue weighted by Gasteiger charge is -2.03. The van der Waals surface area contributed by atoms with Gasteiger partial charge in [0, 0.05) is 12.1 Å². The van der Waals surface area contributed by atoms with Crippen LogP contribution < -0.4 is 5.32 Å². The van der Waals surface area contributed by atoms with Crippen molar-refractivity contribution < 1.29 is 14.1 Å². The second-order valence-corrected chi connectivity index (χ2v) is 3.21. The minimum Gasteiger partial charge on any atom is -0.465 e. The van der Waals surface area contributed by atoms with Gasteiger partial charge in [-0.25, -0.2) is 0 Å². The molecule has 1 aromatic rings. The highest BCUT2D eigenvalue weighted by molar-refractivity contribution is 5.71. The van der Waals surface area contributed by atoms with Gasteiger partial charge in [-0.15, -0.1) is 0 Å². The van der Waals surface area contributed by atoms with E-state index in [1.165, 1.54) is 0 Å². The molecule has 1 heterocycles. The molecule has 15 heavy (non-hydrogen) atoms. The third kappa shape index (κ3) is 3.36. The summed E-state index contributed by atoms with van der Waals surface area (Å²) in [7, 11) is 0. The molecule has 0 aliphatic heterocycles. The zero-order chi connectivity index (χ0) is 11.3. The van der Waals surface area contributed by atoms with Gasteiger partial charge in [-0.2, -0.15) is 0 Å². The lowest BCUT2D eigenvalue weighted by Crippen LogP contribution is -2.24. The van der Waals surface area contributed by atoms with E-state index in [-0.39, 0.29) is 12.5 Å². The summed E-state index contributed by atoms with van der Waals surface area (Å²) in [5, 5.41) is 6.80. The summed E-state index contributed by atoms with van der Waals surface area (Å²) >= 11 is 0. The van der Waals surface area contributed by atoms with Crippen LogP contribution in [0, 0.1) is 13.8 Å². The summed E-state index contributed by atoms with van der Waals surface area (Å²) < 4.78 is 9.78. The first-order valence-electron chi connectivity index (χ1n) is 4.93. The van der Waals surface area contributed by atoms with E-state index in [4.69, 9.17) is 9.26 Å². The van der Waals surface area contributed by atoms with Crippen LogP contribution in [0.25, 0.3) is 0 Å². The van der Waals surface area contributed by atoms with Crippen molar-refractivity contribution >= 4 is 5.97 Å². The topological polar surface area (TPSA) is 64.4 Å². The molecule has 5 heteroatoms. The van der Waals surface area contributed by atoms with Gasteiger partial charge in [0.1, 0.15) is 5.76 Å². The number of nitrogens with one attached hydrogen (secondary N) is 1. The Morgan fingerprint density at radius 1 is 1.53 bits per heavy atom. The van der Waals surface area contributed by atoms with E-state index < -0.39 is 0 Å². The second kappa shape index (κ2) is 5.50. The Bertz CT molecular complexity index is 314. The number of aryl methyl sites for hydroxylation is 2. The van der Waals surface area contributed by atoms with Crippen molar-refractivity contribution in [2.45, 2.75) is 27.3 Å². The molecule has 5 nitrogen and oxygen atoms in total. The lowest BCUT2D eigenvalue weighted by molar-refractivity contribution is -0.142. The molecule has 0 spiro atoms. The van der Waals surface area contributed by atoms with E-state index in [0.717, 1.165) is 17.0 Å². The minimum absolute atomic E-state index is 0.206.